The van der Waals surface area contributed by atoms with Crippen molar-refractivity contribution in [2.45, 2.75) is 19.6 Å². The molecule has 0 bridgehead atoms. The number of thioether (sulfide) groups is 1. The van der Waals surface area contributed by atoms with Crippen molar-refractivity contribution in [1.82, 2.24) is 0 Å². The highest BCUT2D eigenvalue weighted by Gasteiger charge is 2.08. The quantitative estimate of drug-likeness (QED) is 0.279. The summed E-state index contributed by atoms with van der Waals surface area (Å²) in [6, 6.07) is 5.36. The van der Waals surface area contributed by atoms with Crippen LogP contribution in [0.1, 0.15) is 29.8 Å². The molecule has 5 nitrogen and oxygen atoms in total. The monoisotopic (exact) mass is 267 g/mol. The van der Waals surface area contributed by atoms with Gasteiger partial charge in [-0.25, -0.2) is 0 Å². The minimum atomic E-state index is 0.0183. The molecule has 1 aromatic carbocycles. The molecule has 98 valence electrons. The normalized spacial score (nSPS) is 11.3. The number of carbonyl (C=O) groups excluding carboxylic acids is 1. The molecule has 0 aliphatic carbocycles. The third kappa shape index (κ3) is 3.96. The van der Waals surface area contributed by atoms with Crippen LogP contribution in [0.25, 0.3) is 0 Å². The summed E-state index contributed by atoms with van der Waals surface area (Å²) in [5.41, 5.74) is 7.08. The summed E-state index contributed by atoms with van der Waals surface area (Å²) < 4.78 is 5.50. The molecule has 4 N–H and O–H groups in total. The third-order valence-corrected chi connectivity index (χ3v) is 3.13. The van der Waals surface area contributed by atoms with Gasteiger partial charge in [-0.1, -0.05) is 11.8 Å². The Balaban J connectivity index is 2.95. The van der Waals surface area contributed by atoms with Crippen molar-refractivity contribution >= 4 is 22.7 Å². The molecular weight excluding hydrogens is 250 g/mol. The summed E-state index contributed by atoms with van der Waals surface area (Å²) in [6.45, 7) is 4.01. The van der Waals surface area contributed by atoms with Gasteiger partial charge in [0.15, 0.2) is 11.0 Å². The maximum absolute atomic E-state index is 11.3. The van der Waals surface area contributed by atoms with Crippen molar-refractivity contribution in [2.75, 3.05) is 6.61 Å². The molecule has 0 saturated carbocycles. The van der Waals surface area contributed by atoms with E-state index in [2.05, 4.69) is 5.10 Å². The standard InChI is InChI=1S/C12H17N3O2S/c1-3-17-11-5-4-9(8(2)16)6-10(11)7-18-12(13)15-14/h4-6H,3,7,14H2,1-2H3,(H2,13,15). The molecule has 0 aliphatic rings. The highest BCUT2D eigenvalue weighted by molar-refractivity contribution is 8.13. The number of nitrogens with two attached hydrogens (primary N) is 2. The predicted octanol–water partition coefficient (Wildman–Crippen LogP) is 1.71. The Morgan fingerprint density at radius 3 is 2.78 bits per heavy atom. The molecule has 0 unspecified atom stereocenters. The Labute approximate surface area is 111 Å². The number of hydrogen-bond acceptors (Lipinski definition) is 5. The van der Waals surface area contributed by atoms with Gasteiger partial charge in [0.2, 0.25) is 0 Å². The molecular formula is C12H17N3O2S. The van der Waals surface area contributed by atoms with E-state index in [0.29, 0.717) is 23.1 Å². The van der Waals surface area contributed by atoms with Crippen LogP contribution in [0.15, 0.2) is 23.3 Å². The number of hydrazone groups is 1. The SMILES string of the molecule is CCOc1ccc(C(C)=O)cc1CSC(N)=NN. The number of nitrogens with zero attached hydrogens (tertiary/aromatic N) is 1. The van der Waals surface area contributed by atoms with Crippen LogP contribution in [0.5, 0.6) is 5.75 Å². The van der Waals surface area contributed by atoms with Crippen LogP contribution >= 0.6 is 11.8 Å². The Bertz CT molecular complexity index is 461. The number of benzene rings is 1. The Morgan fingerprint density at radius 2 is 2.22 bits per heavy atom. The number of hydrogen-bond donors (Lipinski definition) is 2. The van der Waals surface area contributed by atoms with Gasteiger partial charge in [-0.05, 0) is 32.0 Å². The zero-order valence-electron chi connectivity index (χ0n) is 10.5. The van der Waals surface area contributed by atoms with Gasteiger partial charge in [-0.15, -0.1) is 0 Å². The van der Waals surface area contributed by atoms with E-state index in [1.54, 1.807) is 12.1 Å². The average Bonchev–Trinajstić information content (AvgIpc) is 2.37. The highest BCUT2D eigenvalue weighted by atomic mass is 32.2. The van der Waals surface area contributed by atoms with Gasteiger partial charge in [-0.3, -0.25) is 4.79 Å². The minimum Gasteiger partial charge on any atom is -0.494 e. The topological polar surface area (TPSA) is 90.7 Å². The molecule has 1 rings (SSSR count). The number of ketones is 1. The van der Waals surface area contributed by atoms with Crippen molar-refractivity contribution in [3.05, 3.63) is 29.3 Å². The lowest BCUT2D eigenvalue weighted by Crippen LogP contribution is -2.09. The van der Waals surface area contributed by atoms with Crippen molar-refractivity contribution in [3.8, 4) is 5.75 Å². The maximum Gasteiger partial charge on any atom is 0.177 e. The molecule has 0 atom stereocenters. The molecule has 6 heteroatoms. The van der Waals surface area contributed by atoms with Crippen LogP contribution in [0.2, 0.25) is 0 Å². The second-order valence-corrected chi connectivity index (χ2v) is 4.56. The van der Waals surface area contributed by atoms with Crippen molar-refractivity contribution in [2.24, 2.45) is 16.7 Å². The summed E-state index contributed by atoms with van der Waals surface area (Å²) in [7, 11) is 0. The van der Waals surface area contributed by atoms with Crippen LogP contribution in [-0.2, 0) is 5.75 Å². The van der Waals surface area contributed by atoms with E-state index < -0.39 is 0 Å². The van der Waals surface area contributed by atoms with Gasteiger partial charge in [0.1, 0.15) is 5.75 Å². The first-order valence-corrected chi connectivity index (χ1v) is 6.49. The molecule has 0 spiro atoms. The van der Waals surface area contributed by atoms with Gasteiger partial charge < -0.3 is 16.3 Å². The number of ether oxygens (including phenoxy) is 1. The number of amidine groups is 1. The van der Waals surface area contributed by atoms with E-state index in [1.165, 1.54) is 18.7 Å². The molecule has 0 aliphatic heterocycles. The molecule has 1 aromatic rings. The highest BCUT2D eigenvalue weighted by Crippen LogP contribution is 2.25. The molecule has 0 heterocycles. The fraction of sp³-hybridized carbons (Fsp3) is 0.333. The van der Waals surface area contributed by atoms with E-state index in [-0.39, 0.29) is 5.78 Å². The van der Waals surface area contributed by atoms with Crippen LogP contribution < -0.4 is 16.3 Å². The van der Waals surface area contributed by atoms with Crippen molar-refractivity contribution in [1.29, 1.82) is 0 Å². The maximum atomic E-state index is 11.3. The summed E-state index contributed by atoms with van der Waals surface area (Å²) in [5, 5.41) is 3.68. The van der Waals surface area contributed by atoms with Gasteiger partial charge in [0.25, 0.3) is 0 Å². The first kappa shape index (κ1) is 14.4. The predicted molar refractivity (Wildman–Crippen MR) is 74.7 cm³/mol. The van der Waals surface area contributed by atoms with Crippen LogP contribution in [0.4, 0.5) is 0 Å². The van der Waals surface area contributed by atoms with E-state index in [9.17, 15) is 4.79 Å². The summed E-state index contributed by atoms with van der Waals surface area (Å²) in [4.78, 5) is 11.3. The van der Waals surface area contributed by atoms with Crippen molar-refractivity contribution < 1.29 is 9.53 Å². The van der Waals surface area contributed by atoms with Crippen LogP contribution in [0, 0.1) is 0 Å². The molecule has 0 fully saturated rings. The van der Waals surface area contributed by atoms with Crippen molar-refractivity contribution in [3.63, 3.8) is 0 Å². The molecule has 0 aromatic heterocycles. The Hall–Kier alpha value is -1.69. The summed E-state index contributed by atoms with van der Waals surface area (Å²) >= 11 is 1.30. The summed E-state index contributed by atoms with van der Waals surface area (Å²) in [6.07, 6.45) is 0. The van der Waals surface area contributed by atoms with E-state index >= 15 is 0 Å². The first-order chi connectivity index (χ1) is 8.58. The minimum absolute atomic E-state index is 0.0183. The van der Waals surface area contributed by atoms with Gasteiger partial charge in [0.05, 0.1) is 6.61 Å². The molecule has 0 amide bonds. The lowest BCUT2D eigenvalue weighted by molar-refractivity contribution is 0.101. The lowest BCUT2D eigenvalue weighted by Gasteiger charge is -2.11. The van der Waals surface area contributed by atoms with Crippen LogP contribution in [-0.4, -0.2) is 17.6 Å². The van der Waals surface area contributed by atoms with Gasteiger partial charge >= 0.3 is 0 Å². The third-order valence-electron chi connectivity index (χ3n) is 2.27. The first-order valence-electron chi connectivity index (χ1n) is 5.51. The second-order valence-electron chi connectivity index (χ2n) is 3.57. The number of rotatable bonds is 5. The zero-order valence-corrected chi connectivity index (χ0v) is 11.3. The Morgan fingerprint density at radius 1 is 1.50 bits per heavy atom. The fourth-order valence-electron chi connectivity index (χ4n) is 1.40. The molecule has 0 radical (unpaired) electrons. The molecule has 0 saturated heterocycles. The van der Waals surface area contributed by atoms with Crippen LogP contribution in [0.3, 0.4) is 0 Å². The smallest absolute Gasteiger partial charge is 0.177 e. The number of carbonyl (C=O) groups is 1. The van der Waals surface area contributed by atoms with E-state index in [4.69, 9.17) is 16.3 Å². The lowest BCUT2D eigenvalue weighted by atomic mass is 10.1. The van der Waals surface area contributed by atoms with E-state index in [1.807, 2.05) is 13.0 Å². The second kappa shape index (κ2) is 6.90. The Kier molecular flexibility index (Phi) is 5.51. The number of Topliss-reactive ketones (excluding diaryl/α,β-unsaturated/α-hetero) is 1. The fourth-order valence-corrected chi connectivity index (χ4v) is 2.00. The van der Waals surface area contributed by atoms with E-state index in [0.717, 1.165) is 11.3 Å². The zero-order chi connectivity index (χ0) is 13.5. The summed E-state index contributed by atoms with van der Waals surface area (Å²) in [5.74, 6) is 6.39. The molecule has 18 heavy (non-hydrogen) atoms. The average molecular weight is 267 g/mol. The van der Waals surface area contributed by atoms with Gasteiger partial charge in [0, 0.05) is 16.9 Å². The largest absolute Gasteiger partial charge is 0.494 e. The van der Waals surface area contributed by atoms with Gasteiger partial charge in [-0.2, -0.15) is 5.10 Å².